The van der Waals surface area contributed by atoms with Crippen molar-refractivity contribution in [3.63, 3.8) is 0 Å². The average Bonchev–Trinajstić information content (AvgIpc) is 3.18. The zero-order valence-corrected chi connectivity index (χ0v) is 20.5. The van der Waals surface area contributed by atoms with Crippen LogP contribution in [0.3, 0.4) is 0 Å². The number of carbonyl (C=O) groups excluding carboxylic acids is 2. The molecule has 2 amide bonds. The van der Waals surface area contributed by atoms with Crippen LogP contribution in [0, 0.1) is 5.92 Å². The fourth-order valence-corrected chi connectivity index (χ4v) is 4.81. The van der Waals surface area contributed by atoms with E-state index in [1.807, 2.05) is 6.08 Å². The maximum Gasteiger partial charge on any atom is 0.433 e. The van der Waals surface area contributed by atoms with Crippen molar-refractivity contribution in [3.8, 4) is 0 Å². The van der Waals surface area contributed by atoms with Crippen LogP contribution in [0.4, 0.5) is 13.2 Å². The molecule has 0 bridgehead atoms. The Bertz CT molecular complexity index is 1170. The SMILES string of the molecule is CC(CO)c1cc(C(F)(F)F)n2nc(C(=O)N3CCN(C=CC4CCC(O)CC4)C(=O)C3)c(Cl)c2c1. The van der Waals surface area contributed by atoms with Crippen molar-refractivity contribution in [3.05, 3.63) is 46.4 Å². The third-order valence-electron chi connectivity index (χ3n) is 6.86. The van der Waals surface area contributed by atoms with Crippen LogP contribution in [0.2, 0.25) is 5.02 Å². The highest BCUT2D eigenvalue weighted by atomic mass is 35.5. The molecule has 1 aliphatic carbocycles. The molecule has 36 heavy (non-hydrogen) atoms. The first-order valence-corrected chi connectivity index (χ1v) is 12.2. The summed E-state index contributed by atoms with van der Waals surface area (Å²) < 4.78 is 41.8. The lowest BCUT2D eigenvalue weighted by Gasteiger charge is -2.32. The molecule has 2 aliphatic rings. The second-order valence-corrected chi connectivity index (χ2v) is 9.82. The van der Waals surface area contributed by atoms with Gasteiger partial charge in [-0.25, -0.2) is 4.52 Å². The molecule has 2 fully saturated rings. The van der Waals surface area contributed by atoms with Crippen LogP contribution in [0.5, 0.6) is 0 Å². The van der Waals surface area contributed by atoms with Gasteiger partial charge in [-0.1, -0.05) is 24.6 Å². The molecule has 12 heteroatoms. The molecule has 0 aromatic carbocycles. The Morgan fingerprint density at radius 2 is 1.94 bits per heavy atom. The Kier molecular flexibility index (Phi) is 7.63. The molecule has 3 heterocycles. The summed E-state index contributed by atoms with van der Waals surface area (Å²) in [6.07, 6.45) is 1.75. The summed E-state index contributed by atoms with van der Waals surface area (Å²) in [4.78, 5) is 28.6. The zero-order valence-electron chi connectivity index (χ0n) is 19.7. The fourth-order valence-electron chi connectivity index (χ4n) is 4.55. The number of hydrogen-bond donors (Lipinski definition) is 2. The zero-order chi connectivity index (χ0) is 26.2. The summed E-state index contributed by atoms with van der Waals surface area (Å²) in [5.74, 6) is -1.36. The molecule has 8 nitrogen and oxygen atoms in total. The number of fused-ring (bicyclic) bond motifs is 1. The Balaban J connectivity index is 1.54. The number of carbonyl (C=O) groups is 2. The number of halogens is 4. The lowest BCUT2D eigenvalue weighted by Crippen LogP contribution is -2.50. The van der Waals surface area contributed by atoms with Gasteiger partial charge in [0.1, 0.15) is 12.2 Å². The number of alkyl halides is 3. The minimum atomic E-state index is -4.77. The monoisotopic (exact) mass is 528 g/mol. The maximum absolute atomic E-state index is 13.8. The van der Waals surface area contributed by atoms with Crippen molar-refractivity contribution in [2.45, 2.75) is 50.8 Å². The third kappa shape index (κ3) is 5.37. The number of piperazine rings is 1. The molecule has 0 radical (unpaired) electrons. The number of nitrogens with zero attached hydrogens (tertiary/aromatic N) is 4. The van der Waals surface area contributed by atoms with Gasteiger partial charge in [0, 0.05) is 31.8 Å². The van der Waals surface area contributed by atoms with Crippen LogP contribution < -0.4 is 0 Å². The largest absolute Gasteiger partial charge is 0.433 e. The number of rotatable bonds is 5. The molecular weight excluding hydrogens is 501 g/mol. The number of allylic oxidation sites excluding steroid dienone is 1. The van der Waals surface area contributed by atoms with Gasteiger partial charge in [-0.3, -0.25) is 9.59 Å². The summed E-state index contributed by atoms with van der Waals surface area (Å²) in [5, 5.41) is 22.7. The summed E-state index contributed by atoms with van der Waals surface area (Å²) in [6.45, 7) is 1.35. The lowest BCUT2D eigenvalue weighted by atomic mass is 9.87. The van der Waals surface area contributed by atoms with Crippen molar-refractivity contribution >= 4 is 28.9 Å². The van der Waals surface area contributed by atoms with Crippen LogP contribution >= 0.6 is 11.6 Å². The molecule has 196 valence electrons. The Morgan fingerprint density at radius 3 is 2.56 bits per heavy atom. The van der Waals surface area contributed by atoms with Crippen molar-refractivity contribution in [2.75, 3.05) is 26.2 Å². The van der Waals surface area contributed by atoms with Gasteiger partial charge in [0.05, 0.1) is 16.6 Å². The smallest absolute Gasteiger partial charge is 0.396 e. The normalized spacial score (nSPS) is 22.6. The first-order chi connectivity index (χ1) is 17.0. The van der Waals surface area contributed by atoms with E-state index in [0.29, 0.717) is 4.52 Å². The van der Waals surface area contributed by atoms with Crippen LogP contribution in [0.15, 0.2) is 24.4 Å². The van der Waals surface area contributed by atoms with E-state index in [4.69, 9.17) is 11.6 Å². The van der Waals surface area contributed by atoms with E-state index in [2.05, 4.69) is 5.10 Å². The van der Waals surface area contributed by atoms with Crippen molar-refractivity contribution in [1.82, 2.24) is 19.4 Å². The molecule has 2 aromatic rings. The van der Waals surface area contributed by atoms with Gasteiger partial charge in [0.25, 0.3) is 5.91 Å². The Labute approximate surface area is 210 Å². The number of hydrogen-bond acceptors (Lipinski definition) is 5. The van der Waals surface area contributed by atoms with Crippen molar-refractivity contribution in [2.24, 2.45) is 5.92 Å². The highest BCUT2D eigenvalue weighted by Gasteiger charge is 2.37. The van der Waals surface area contributed by atoms with Gasteiger partial charge >= 0.3 is 6.18 Å². The van der Waals surface area contributed by atoms with Gasteiger partial charge in [-0.15, -0.1) is 0 Å². The van der Waals surface area contributed by atoms with Crippen molar-refractivity contribution < 1.29 is 33.0 Å². The average molecular weight is 529 g/mol. The van der Waals surface area contributed by atoms with E-state index in [-0.39, 0.29) is 66.0 Å². The summed E-state index contributed by atoms with van der Waals surface area (Å²) in [5.41, 5.74) is -1.37. The highest BCUT2D eigenvalue weighted by Crippen LogP contribution is 2.35. The molecule has 1 saturated carbocycles. The van der Waals surface area contributed by atoms with E-state index in [1.165, 1.54) is 15.9 Å². The predicted octanol–water partition coefficient (Wildman–Crippen LogP) is 3.45. The van der Waals surface area contributed by atoms with E-state index in [9.17, 15) is 33.0 Å². The number of amides is 2. The molecule has 1 unspecified atom stereocenters. The molecule has 1 aliphatic heterocycles. The summed E-state index contributed by atoms with van der Waals surface area (Å²) in [6, 6.07) is 2.26. The predicted molar refractivity (Wildman–Crippen MR) is 125 cm³/mol. The molecule has 2 aromatic heterocycles. The van der Waals surface area contributed by atoms with Crippen LogP contribution in [-0.2, 0) is 11.0 Å². The Morgan fingerprint density at radius 1 is 1.25 bits per heavy atom. The number of aliphatic hydroxyl groups is 2. The van der Waals surface area contributed by atoms with Gasteiger partial charge in [-0.2, -0.15) is 18.3 Å². The lowest BCUT2D eigenvalue weighted by molar-refractivity contribution is -0.142. The minimum Gasteiger partial charge on any atom is -0.396 e. The number of aromatic nitrogens is 2. The number of pyridine rings is 1. The molecule has 1 atom stereocenters. The highest BCUT2D eigenvalue weighted by molar-refractivity contribution is 6.36. The van der Waals surface area contributed by atoms with Crippen LogP contribution in [0.25, 0.3) is 5.52 Å². The van der Waals surface area contributed by atoms with E-state index >= 15 is 0 Å². The third-order valence-corrected chi connectivity index (χ3v) is 7.23. The summed E-state index contributed by atoms with van der Waals surface area (Å²) >= 11 is 6.34. The topological polar surface area (TPSA) is 98.4 Å². The second-order valence-electron chi connectivity index (χ2n) is 9.44. The van der Waals surface area contributed by atoms with E-state index in [1.54, 1.807) is 13.1 Å². The second kappa shape index (κ2) is 10.4. The van der Waals surface area contributed by atoms with Gasteiger partial charge in [0.2, 0.25) is 5.91 Å². The number of aliphatic hydroxyl groups excluding tert-OH is 2. The van der Waals surface area contributed by atoms with Crippen LogP contribution in [-0.4, -0.2) is 73.8 Å². The van der Waals surface area contributed by atoms with Gasteiger partial charge < -0.3 is 20.0 Å². The first kappa shape index (κ1) is 26.4. The molecular formula is C24H28ClF3N4O4. The van der Waals surface area contributed by atoms with Gasteiger partial charge in [0.15, 0.2) is 5.69 Å². The molecule has 2 N–H and O–H groups in total. The van der Waals surface area contributed by atoms with E-state index < -0.39 is 23.7 Å². The summed E-state index contributed by atoms with van der Waals surface area (Å²) in [7, 11) is 0. The molecule has 1 saturated heterocycles. The van der Waals surface area contributed by atoms with E-state index in [0.717, 1.165) is 31.7 Å². The van der Waals surface area contributed by atoms with Crippen LogP contribution in [0.1, 0.15) is 60.3 Å². The van der Waals surface area contributed by atoms with Gasteiger partial charge in [-0.05, 0) is 49.3 Å². The standard InChI is InChI=1S/C24H28ClF3N4O4/c1-14(13-33)16-10-18-21(25)22(29-32(18)19(11-16)24(26,27)28)23(36)31-9-8-30(20(35)12-31)7-6-15-2-4-17(34)5-3-15/h6-7,10-11,14-15,17,33-34H,2-5,8-9,12-13H2,1H3. The molecule has 0 spiro atoms. The van der Waals surface area contributed by atoms with Crippen molar-refractivity contribution in [1.29, 1.82) is 0 Å². The Hall–Kier alpha value is -2.63. The first-order valence-electron chi connectivity index (χ1n) is 11.8. The quantitative estimate of drug-likeness (QED) is 0.619. The minimum absolute atomic E-state index is 0.101. The molecule has 4 rings (SSSR count). The fraction of sp³-hybridized carbons (Fsp3) is 0.542. The maximum atomic E-state index is 13.8.